The van der Waals surface area contributed by atoms with Crippen molar-refractivity contribution in [3.05, 3.63) is 95.9 Å². The topological polar surface area (TPSA) is 100 Å². The second kappa shape index (κ2) is 9.11. The normalized spacial score (nSPS) is 12.4. The van der Waals surface area contributed by atoms with Crippen molar-refractivity contribution in [2.75, 3.05) is 17.3 Å². The molecule has 2 N–H and O–H groups in total. The Morgan fingerprint density at radius 2 is 1.79 bits per heavy atom. The maximum atomic E-state index is 12.5. The number of hydrogen-bond donors (Lipinski definition) is 2. The van der Waals surface area contributed by atoms with E-state index in [1.807, 2.05) is 48.5 Å². The fourth-order valence-corrected chi connectivity index (χ4v) is 3.83. The molecule has 0 bridgehead atoms. The summed E-state index contributed by atoms with van der Waals surface area (Å²) < 4.78 is 0. The van der Waals surface area contributed by atoms with Crippen LogP contribution in [-0.2, 0) is 17.8 Å². The summed E-state index contributed by atoms with van der Waals surface area (Å²) in [6.07, 6.45) is 5.33. The van der Waals surface area contributed by atoms with Crippen LogP contribution >= 0.6 is 0 Å². The molecule has 0 atom stereocenters. The first-order chi connectivity index (χ1) is 16.6. The van der Waals surface area contributed by atoms with Crippen molar-refractivity contribution < 1.29 is 9.59 Å². The molecule has 1 aliphatic heterocycles. The van der Waals surface area contributed by atoms with Crippen LogP contribution in [0.1, 0.15) is 21.5 Å². The van der Waals surface area contributed by atoms with Gasteiger partial charge in [-0.15, -0.1) is 0 Å². The maximum Gasteiger partial charge on any atom is 0.251 e. The molecular weight excluding hydrogens is 428 g/mol. The van der Waals surface area contributed by atoms with Gasteiger partial charge in [0.25, 0.3) is 5.91 Å². The smallest absolute Gasteiger partial charge is 0.251 e. The standard InChI is InChI=1S/C26H22N6O2/c1-32-22-5-3-2-4-21(22)24-19(14-23(32)33)16-29-26(31-24)30-20-8-6-18(7-9-20)25(34)28-15-17-10-12-27-13-11-17/h2-13,16H,14-15H2,1H3,(H,28,34)(H,29,30,31). The Morgan fingerprint density at radius 3 is 2.59 bits per heavy atom. The molecule has 3 heterocycles. The summed E-state index contributed by atoms with van der Waals surface area (Å²) in [4.78, 5) is 39.7. The molecule has 0 saturated heterocycles. The zero-order valence-electron chi connectivity index (χ0n) is 18.5. The largest absolute Gasteiger partial charge is 0.348 e. The molecule has 2 aromatic heterocycles. The van der Waals surface area contributed by atoms with E-state index < -0.39 is 0 Å². The van der Waals surface area contributed by atoms with Crippen molar-refractivity contribution in [3.63, 3.8) is 0 Å². The van der Waals surface area contributed by atoms with E-state index in [9.17, 15) is 9.59 Å². The molecule has 34 heavy (non-hydrogen) atoms. The molecule has 0 fully saturated rings. The molecule has 0 saturated carbocycles. The van der Waals surface area contributed by atoms with Gasteiger partial charge in [-0.25, -0.2) is 9.97 Å². The van der Waals surface area contributed by atoms with Crippen LogP contribution in [0.25, 0.3) is 11.3 Å². The number of amides is 2. The minimum absolute atomic E-state index is 0.00620. The van der Waals surface area contributed by atoms with Gasteiger partial charge in [-0.05, 0) is 48.0 Å². The number of carbonyl (C=O) groups is 2. The van der Waals surface area contributed by atoms with E-state index >= 15 is 0 Å². The van der Waals surface area contributed by atoms with Gasteiger partial charge in [0.1, 0.15) is 0 Å². The molecule has 8 heteroatoms. The predicted octanol–water partition coefficient (Wildman–Crippen LogP) is 3.73. The first kappa shape index (κ1) is 21.3. The van der Waals surface area contributed by atoms with Crippen LogP contribution in [0.5, 0.6) is 0 Å². The molecule has 0 aliphatic carbocycles. The van der Waals surface area contributed by atoms with Crippen LogP contribution in [0.2, 0.25) is 0 Å². The van der Waals surface area contributed by atoms with Crippen molar-refractivity contribution in [2.24, 2.45) is 0 Å². The summed E-state index contributed by atoms with van der Waals surface area (Å²) in [5, 5.41) is 6.09. The molecule has 4 aromatic rings. The molecule has 168 valence electrons. The van der Waals surface area contributed by atoms with E-state index in [4.69, 9.17) is 4.98 Å². The number of hydrogen-bond acceptors (Lipinski definition) is 6. The Labute approximate surface area is 196 Å². The van der Waals surface area contributed by atoms with Gasteiger partial charge in [-0.3, -0.25) is 14.6 Å². The number of benzene rings is 2. The zero-order valence-corrected chi connectivity index (χ0v) is 18.5. The Morgan fingerprint density at radius 1 is 1.03 bits per heavy atom. The third kappa shape index (κ3) is 4.33. The van der Waals surface area contributed by atoms with Gasteiger partial charge >= 0.3 is 0 Å². The third-order valence-corrected chi connectivity index (χ3v) is 5.71. The van der Waals surface area contributed by atoms with Gasteiger partial charge in [0.2, 0.25) is 11.9 Å². The molecule has 8 nitrogen and oxygen atoms in total. The Kier molecular flexibility index (Phi) is 5.70. The number of aromatic nitrogens is 3. The summed E-state index contributed by atoms with van der Waals surface area (Å²) in [6, 6.07) is 18.5. The summed E-state index contributed by atoms with van der Waals surface area (Å²) in [6.45, 7) is 0.434. The molecule has 5 rings (SSSR count). The van der Waals surface area contributed by atoms with Crippen molar-refractivity contribution in [2.45, 2.75) is 13.0 Å². The summed E-state index contributed by atoms with van der Waals surface area (Å²) in [5.41, 5.74) is 5.51. The number of pyridine rings is 1. The van der Waals surface area contributed by atoms with E-state index in [2.05, 4.69) is 20.6 Å². The van der Waals surface area contributed by atoms with Crippen LogP contribution in [0.4, 0.5) is 17.3 Å². The predicted molar refractivity (Wildman–Crippen MR) is 130 cm³/mol. The Balaban J connectivity index is 1.33. The molecular formula is C26H22N6O2. The number of nitrogens with one attached hydrogen (secondary N) is 2. The van der Waals surface area contributed by atoms with E-state index in [-0.39, 0.29) is 18.2 Å². The quantitative estimate of drug-likeness (QED) is 0.481. The van der Waals surface area contributed by atoms with Crippen molar-refractivity contribution in [1.29, 1.82) is 0 Å². The number of rotatable bonds is 5. The van der Waals surface area contributed by atoms with Crippen LogP contribution in [0.15, 0.2) is 79.3 Å². The van der Waals surface area contributed by atoms with E-state index in [1.54, 1.807) is 42.7 Å². The third-order valence-electron chi connectivity index (χ3n) is 5.71. The van der Waals surface area contributed by atoms with Gasteiger partial charge in [0, 0.05) is 54.6 Å². The van der Waals surface area contributed by atoms with Gasteiger partial charge in [0.05, 0.1) is 17.8 Å². The van der Waals surface area contributed by atoms with Gasteiger partial charge in [-0.2, -0.15) is 0 Å². The highest BCUT2D eigenvalue weighted by atomic mass is 16.2. The zero-order chi connectivity index (χ0) is 23.5. The van der Waals surface area contributed by atoms with E-state index in [0.29, 0.717) is 18.1 Å². The number of nitrogens with zero attached hydrogens (tertiary/aromatic N) is 4. The number of carbonyl (C=O) groups excluding carboxylic acids is 2. The van der Waals surface area contributed by atoms with Crippen LogP contribution in [0.3, 0.4) is 0 Å². The second-order valence-electron chi connectivity index (χ2n) is 7.95. The van der Waals surface area contributed by atoms with Crippen LogP contribution < -0.4 is 15.5 Å². The number of fused-ring (bicyclic) bond motifs is 3. The fraction of sp³-hybridized carbons (Fsp3) is 0.115. The van der Waals surface area contributed by atoms with Crippen molar-refractivity contribution >= 4 is 29.1 Å². The summed E-state index contributed by atoms with van der Waals surface area (Å²) in [5.74, 6) is 0.254. The SMILES string of the molecule is CN1C(=O)Cc2cnc(Nc3ccc(C(=O)NCc4ccncc4)cc3)nc2-c2ccccc21. The molecule has 0 unspecified atom stereocenters. The lowest BCUT2D eigenvalue weighted by Crippen LogP contribution is -2.26. The lowest BCUT2D eigenvalue weighted by molar-refractivity contribution is -0.117. The van der Waals surface area contributed by atoms with Crippen molar-refractivity contribution in [3.8, 4) is 11.3 Å². The highest BCUT2D eigenvalue weighted by molar-refractivity contribution is 6.01. The first-order valence-electron chi connectivity index (χ1n) is 10.8. The van der Waals surface area contributed by atoms with E-state index in [0.717, 1.165) is 33.8 Å². The van der Waals surface area contributed by atoms with Gasteiger partial charge in [0.15, 0.2) is 0 Å². The summed E-state index contributed by atoms with van der Waals surface area (Å²) in [7, 11) is 1.77. The Hall–Kier alpha value is -4.59. The van der Waals surface area contributed by atoms with Gasteiger partial charge in [-0.1, -0.05) is 18.2 Å². The maximum absolute atomic E-state index is 12.5. The molecule has 2 amide bonds. The molecule has 0 radical (unpaired) electrons. The highest BCUT2D eigenvalue weighted by Crippen LogP contribution is 2.35. The average molecular weight is 451 g/mol. The minimum atomic E-state index is -0.157. The van der Waals surface area contributed by atoms with Crippen LogP contribution in [-0.4, -0.2) is 33.8 Å². The molecule has 0 spiro atoms. The lowest BCUT2D eigenvalue weighted by atomic mass is 10.1. The van der Waals surface area contributed by atoms with Crippen LogP contribution in [0, 0.1) is 0 Å². The lowest BCUT2D eigenvalue weighted by Gasteiger charge is -2.16. The summed E-state index contributed by atoms with van der Waals surface area (Å²) >= 11 is 0. The first-order valence-corrected chi connectivity index (χ1v) is 10.8. The van der Waals surface area contributed by atoms with E-state index in [1.165, 1.54) is 0 Å². The second-order valence-corrected chi connectivity index (χ2v) is 7.95. The molecule has 2 aromatic carbocycles. The average Bonchev–Trinajstić information content (AvgIpc) is 2.98. The minimum Gasteiger partial charge on any atom is -0.348 e. The Bertz CT molecular complexity index is 1360. The highest BCUT2D eigenvalue weighted by Gasteiger charge is 2.24. The molecule has 1 aliphatic rings. The number of anilines is 3. The number of para-hydroxylation sites is 1. The van der Waals surface area contributed by atoms with Crippen molar-refractivity contribution in [1.82, 2.24) is 20.3 Å². The van der Waals surface area contributed by atoms with Gasteiger partial charge < -0.3 is 15.5 Å². The number of likely N-dealkylation sites (N-methyl/N-ethyl adjacent to an activating group) is 1. The monoisotopic (exact) mass is 450 g/mol. The fourth-order valence-electron chi connectivity index (χ4n) is 3.83.